The van der Waals surface area contributed by atoms with Gasteiger partial charge in [0.15, 0.2) is 0 Å². The summed E-state index contributed by atoms with van der Waals surface area (Å²) in [6.07, 6.45) is -6.40. The van der Waals surface area contributed by atoms with Crippen molar-refractivity contribution in [2.45, 2.75) is 35.2 Å². The molecule has 0 saturated heterocycles. The molecule has 0 unspecified atom stereocenters. The van der Waals surface area contributed by atoms with Crippen molar-refractivity contribution in [3.63, 3.8) is 0 Å². The number of alkyl halides is 3. The summed E-state index contributed by atoms with van der Waals surface area (Å²) in [5.41, 5.74) is -1.61. The van der Waals surface area contributed by atoms with Crippen molar-refractivity contribution in [2.75, 3.05) is 5.32 Å². The van der Waals surface area contributed by atoms with Crippen LogP contribution in [0.3, 0.4) is 0 Å². The maximum atomic E-state index is 13.2. The second kappa shape index (κ2) is 7.56. The largest absolute Gasteiger partial charge is 0.417 e. The molecule has 0 spiro atoms. The number of carbonyl (C=O) groups is 1. The highest BCUT2D eigenvalue weighted by Gasteiger charge is 2.38. The van der Waals surface area contributed by atoms with Gasteiger partial charge in [-0.25, -0.2) is 12.8 Å². The van der Waals surface area contributed by atoms with E-state index >= 15 is 0 Å². The number of hydrogen-bond donors (Lipinski definition) is 2. The summed E-state index contributed by atoms with van der Waals surface area (Å²) in [6, 6.07) is 3.51. The fourth-order valence-corrected chi connectivity index (χ4v) is 4.89. The lowest BCUT2D eigenvalue weighted by Crippen LogP contribution is -2.31. The van der Waals surface area contributed by atoms with Crippen LogP contribution in [0.4, 0.5) is 22.6 Å². The molecule has 1 amide bonds. The van der Waals surface area contributed by atoms with Crippen LogP contribution in [0.2, 0.25) is 0 Å². The van der Waals surface area contributed by atoms with Crippen molar-refractivity contribution in [1.82, 2.24) is 0 Å². The van der Waals surface area contributed by atoms with Gasteiger partial charge in [-0.2, -0.15) is 13.2 Å². The summed E-state index contributed by atoms with van der Waals surface area (Å²) in [7, 11) is -4.60. The van der Waals surface area contributed by atoms with Gasteiger partial charge in [0.25, 0.3) is 5.91 Å². The van der Waals surface area contributed by atoms with E-state index in [0.29, 0.717) is 23.5 Å². The predicted octanol–water partition coefficient (Wildman–Crippen LogP) is 3.69. The number of anilines is 1. The number of benzene rings is 1. The number of nitrogens with one attached hydrogen (secondary N) is 1. The molecule has 1 atom stereocenters. The van der Waals surface area contributed by atoms with Gasteiger partial charge in [0, 0.05) is 0 Å². The number of aliphatic hydroxyl groups is 1. The molecular formula is C16H15F4NO4S2. The standard InChI is InChI=1S/C16H15F4NO4S2/c1-8(2)14(22)15(23)21-12-5-6-13(26-12)27(24,25)11-4-3-9(17)7-10(11)16(18,19)20/h3-8,14,22H,1-2H3,(H,21,23)/t14-/m0/s1. The highest BCUT2D eigenvalue weighted by Crippen LogP contribution is 2.39. The molecule has 2 N–H and O–H groups in total. The predicted molar refractivity (Wildman–Crippen MR) is 90.6 cm³/mol. The van der Waals surface area contributed by atoms with E-state index in [1.807, 2.05) is 0 Å². The lowest BCUT2D eigenvalue weighted by atomic mass is 10.1. The van der Waals surface area contributed by atoms with E-state index in [1.165, 1.54) is 6.07 Å². The molecule has 2 aromatic rings. The van der Waals surface area contributed by atoms with E-state index in [2.05, 4.69) is 5.32 Å². The number of carbonyl (C=O) groups excluding carboxylic acids is 1. The van der Waals surface area contributed by atoms with Gasteiger partial charge in [0.05, 0.1) is 15.5 Å². The third-order valence-corrected chi connectivity index (χ3v) is 6.83. The van der Waals surface area contributed by atoms with Crippen LogP contribution in [-0.4, -0.2) is 25.5 Å². The van der Waals surface area contributed by atoms with E-state index in [9.17, 15) is 35.9 Å². The van der Waals surface area contributed by atoms with Crippen molar-refractivity contribution < 1.29 is 35.9 Å². The maximum Gasteiger partial charge on any atom is 0.417 e. The number of sulfone groups is 1. The molecule has 11 heteroatoms. The molecular weight excluding hydrogens is 410 g/mol. The van der Waals surface area contributed by atoms with Gasteiger partial charge >= 0.3 is 6.18 Å². The van der Waals surface area contributed by atoms with Gasteiger partial charge in [0.1, 0.15) is 16.1 Å². The minimum atomic E-state index is -5.07. The number of thiophene rings is 1. The van der Waals surface area contributed by atoms with Crippen molar-refractivity contribution in [1.29, 1.82) is 0 Å². The highest BCUT2D eigenvalue weighted by atomic mass is 32.2. The average Bonchev–Trinajstić information content (AvgIpc) is 3.02. The molecule has 0 aliphatic carbocycles. The Kier molecular flexibility index (Phi) is 5.97. The Balaban J connectivity index is 2.40. The molecule has 1 heterocycles. The maximum absolute atomic E-state index is 13.2. The van der Waals surface area contributed by atoms with E-state index < -0.39 is 48.5 Å². The number of rotatable bonds is 5. The van der Waals surface area contributed by atoms with Gasteiger partial charge in [-0.15, -0.1) is 11.3 Å². The Labute approximate surface area is 156 Å². The van der Waals surface area contributed by atoms with Gasteiger partial charge in [-0.05, 0) is 36.2 Å². The summed E-state index contributed by atoms with van der Waals surface area (Å²) >= 11 is 0.524. The van der Waals surface area contributed by atoms with Crippen LogP contribution in [0.1, 0.15) is 19.4 Å². The molecule has 0 aliphatic rings. The number of amides is 1. The SMILES string of the molecule is CC(C)[C@H](O)C(=O)Nc1ccc(S(=O)(=O)c2ccc(F)cc2C(F)(F)F)s1. The summed E-state index contributed by atoms with van der Waals surface area (Å²) in [6.45, 7) is 3.20. The molecule has 2 rings (SSSR count). The molecule has 0 aliphatic heterocycles. The Morgan fingerprint density at radius 2 is 1.81 bits per heavy atom. The zero-order valence-electron chi connectivity index (χ0n) is 14.0. The smallest absolute Gasteiger partial charge is 0.383 e. The number of halogens is 4. The first-order valence-corrected chi connectivity index (χ1v) is 9.84. The normalized spacial score (nSPS) is 13.6. The zero-order valence-corrected chi connectivity index (χ0v) is 15.7. The quantitative estimate of drug-likeness (QED) is 0.565. The van der Waals surface area contributed by atoms with E-state index in [1.54, 1.807) is 13.8 Å². The van der Waals surface area contributed by atoms with Gasteiger partial charge in [-0.3, -0.25) is 4.79 Å². The van der Waals surface area contributed by atoms with Crippen LogP contribution in [0.15, 0.2) is 39.4 Å². The Morgan fingerprint density at radius 3 is 2.37 bits per heavy atom. The lowest BCUT2D eigenvalue weighted by molar-refractivity contribution is -0.140. The zero-order chi connectivity index (χ0) is 20.6. The molecule has 1 aromatic heterocycles. The molecule has 0 bridgehead atoms. The van der Waals surface area contributed by atoms with Crippen molar-refractivity contribution in [3.05, 3.63) is 41.7 Å². The number of aliphatic hydroxyl groups excluding tert-OH is 1. The topological polar surface area (TPSA) is 83.5 Å². The van der Waals surface area contributed by atoms with Gasteiger partial charge in [0.2, 0.25) is 9.84 Å². The first-order chi connectivity index (χ1) is 12.3. The molecule has 5 nitrogen and oxygen atoms in total. The Bertz CT molecular complexity index is 952. The van der Waals surface area contributed by atoms with Crippen molar-refractivity contribution in [2.24, 2.45) is 5.92 Å². The summed E-state index contributed by atoms with van der Waals surface area (Å²) in [5.74, 6) is -2.38. The summed E-state index contributed by atoms with van der Waals surface area (Å²) in [5, 5.41) is 12.0. The second-order valence-electron chi connectivity index (χ2n) is 5.94. The van der Waals surface area contributed by atoms with Crippen LogP contribution < -0.4 is 5.32 Å². The van der Waals surface area contributed by atoms with E-state index in [-0.39, 0.29) is 17.0 Å². The summed E-state index contributed by atoms with van der Waals surface area (Å²) < 4.78 is 77.2. The van der Waals surface area contributed by atoms with Crippen molar-refractivity contribution in [3.8, 4) is 0 Å². The average molecular weight is 425 g/mol. The van der Waals surface area contributed by atoms with Crippen LogP contribution in [-0.2, 0) is 20.8 Å². The minimum Gasteiger partial charge on any atom is -0.383 e. The molecule has 27 heavy (non-hydrogen) atoms. The van der Waals surface area contributed by atoms with E-state index in [4.69, 9.17) is 0 Å². The van der Waals surface area contributed by atoms with Crippen LogP contribution in [0.25, 0.3) is 0 Å². The minimum absolute atomic E-state index is 0.0361. The van der Waals surface area contributed by atoms with E-state index in [0.717, 1.165) is 6.07 Å². The first-order valence-electron chi connectivity index (χ1n) is 7.54. The molecule has 0 radical (unpaired) electrons. The Morgan fingerprint density at radius 1 is 1.19 bits per heavy atom. The number of hydrogen-bond acceptors (Lipinski definition) is 5. The molecule has 148 valence electrons. The summed E-state index contributed by atoms with van der Waals surface area (Å²) in [4.78, 5) is 10.7. The molecule has 0 saturated carbocycles. The monoisotopic (exact) mass is 425 g/mol. The van der Waals surface area contributed by atoms with Gasteiger partial charge in [-0.1, -0.05) is 13.8 Å². The van der Waals surface area contributed by atoms with Gasteiger partial charge < -0.3 is 10.4 Å². The molecule has 0 fully saturated rings. The first kappa shape index (κ1) is 21.3. The second-order valence-corrected chi connectivity index (χ2v) is 9.17. The highest BCUT2D eigenvalue weighted by molar-refractivity contribution is 7.93. The van der Waals surface area contributed by atoms with Crippen LogP contribution in [0, 0.1) is 11.7 Å². The third-order valence-electron chi connectivity index (χ3n) is 3.53. The molecule has 1 aromatic carbocycles. The van der Waals surface area contributed by atoms with Crippen LogP contribution in [0.5, 0.6) is 0 Å². The van der Waals surface area contributed by atoms with Crippen molar-refractivity contribution >= 4 is 32.1 Å². The lowest BCUT2D eigenvalue weighted by Gasteiger charge is -2.13. The fourth-order valence-electron chi connectivity index (χ4n) is 2.10. The third kappa shape index (κ3) is 4.66. The fraction of sp³-hybridized carbons (Fsp3) is 0.312. The van der Waals surface area contributed by atoms with Crippen LogP contribution >= 0.6 is 11.3 Å². The Hall–Kier alpha value is -1.98.